The summed E-state index contributed by atoms with van der Waals surface area (Å²) in [6, 6.07) is 15.3. The number of aliphatic imine (C=N–C) groups is 1. The van der Waals surface area contributed by atoms with E-state index in [0.29, 0.717) is 11.4 Å². The zero-order valence-corrected chi connectivity index (χ0v) is 12.5. The van der Waals surface area contributed by atoms with E-state index in [1.807, 2.05) is 61.5 Å². The Balaban J connectivity index is 2.05. The van der Waals surface area contributed by atoms with Crippen molar-refractivity contribution in [3.63, 3.8) is 0 Å². The van der Waals surface area contributed by atoms with Crippen LogP contribution < -0.4 is 9.64 Å². The number of nitrogens with zero attached hydrogens (tertiary/aromatic N) is 2. The second-order valence-corrected chi connectivity index (χ2v) is 5.16. The Morgan fingerprint density at radius 1 is 0.955 bits per heavy atom. The smallest absolute Gasteiger partial charge is 0.336 e. The van der Waals surface area contributed by atoms with Crippen molar-refractivity contribution >= 4 is 23.1 Å². The summed E-state index contributed by atoms with van der Waals surface area (Å²) >= 11 is 0. The first-order valence-electron chi connectivity index (χ1n) is 6.99. The number of benzene rings is 2. The van der Waals surface area contributed by atoms with Crippen molar-refractivity contribution in [2.24, 2.45) is 4.99 Å². The second-order valence-electron chi connectivity index (χ2n) is 5.16. The minimum absolute atomic E-state index is 0.398. The number of carbonyl (C=O) groups excluding carboxylic acids is 1. The van der Waals surface area contributed by atoms with Crippen LogP contribution >= 0.6 is 0 Å². The molecule has 0 saturated carbocycles. The molecule has 0 aromatic heterocycles. The maximum Gasteiger partial charge on any atom is 0.336 e. The lowest BCUT2D eigenvalue weighted by atomic mass is 10.1. The third kappa shape index (κ3) is 2.91. The van der Waals surface area contributed by atoms with Gasteiger partial charge in [0.15, 0.2) is 5.75 Å². The zero-order chi connectivity index (χ0) is 15.5. The molecule has 0 radical (unpaired) electrons. The van der Waals surface area contributed by atoms with E-state index in [0.717, 1.165) is 17.0 Å². The number of rotatable bonds is 2. The van der Waals surface area contributed by atoms with Crippen molar-refractivity contribution in [3.8, 4) is 5.75 Å². The van der Waals surface area contributed by atoms with Gasteiger partial charge < -0.3 is 9.64 Å². The van der Waals surface area contributed by atoms with Gasteiger partial charge >= 0.3 is 5.97 Å². The molecule has 0 bridgehead atoms. The Kier molecular flexibility index (Phi) is 3.74. The molecule has 1 heterocycles. The standard InChI is InChI=1S/C18H16N2O2/c1-20(2)14-9-7-13(8-10-14)15-11-12-18(21)22-17-6-4-3-5-16(17)19-15/h3-12H,1-2H3/b12-11-,19-15?. The highest BCUT2D eigenvalue weighted by molar-refractivity contribution is 6.12. The van der Waals surface area contributed by atoms with Crippen LogP contribution in [-0.2, 0) is 4.79 Å². The molecule has 0 saturated heterocycles. The predicted octanol–water partition coefficient (Wildman–Crippen LogP) is 3.35. The Bertz CT molecular complexity index is 759. The molecule has 2 aromatic carbocycles. The SMILES string of the molecule is CN(C)c1ccc(C2=Nc3ccccc3OC(=O)/C=C\2)cc1. The first-order chi connectivity index (χ1) is 10.6. The zero-order valence-electron chi connectivity index (χ0n) is 12.5. The summed E-state index contributed by atoms with van der Waals surface area (Å²) in [7, 11) is 3.99. The lowest BCUT2D eigenvalue weighted by Gasteiger charge is -2.13. The third-order valence-corrected chi connectivity index (χ3v) is 3.37. The van der Waals surface area contributed by atoms with E-state index in [1.54, 1.807) is 12.1 Å². The number of hydrogen-bond donors (Lipinski definition) is 0. The Morgan fingerprint density at radius 3 is 2.41 bits per heavy atom. The second kappa shape index (κ2) is 5.85. The van der Waals surface area contributed by atoms with Gasteiger partial charge in [-0.3, -0.25) is 0 Å². The predicted molar refractivity (Wildman–Crippen MR) is 88.2 cm³/mol. The molecule has 0 spiro atoms. The maximum atomic E-state index is 11.7. The number of carbonyl (C=O) groups is 1. The van der Waals surface area contributed by atoms with Crippen LogP contribution in [0.3, 0.4) is 0 Å². The van der Waals surface area contributed by atoms with Crippen LogP contribution in [0.1, 0.15) is 5.56 Å². The van der Waals surface area contributed by atoms with Gasteiger partial charge in [0.1, 0.15) is 5.69 Å². The molecule has 4 nitrogen and oxygen atoms in total. The normalized spacial score (nSPS) is 15.0. The van der Waals surface area contributed by atoms with E-state index < -0.39 is 5.97 Å². The van der Waals surface area contributed by atoms with Crippen molar-refractivity contribution in [1.82, 2.24) is 0 Å². The highest BCUT2D eigenvalue weighted by atomic mass is 16.5. The lowest BCUT2D eigenvalue weighted by Crippen LogP contribution is -2.10. The van der Waals surface area contributed by atoms with Gasteiger partial charge in [-0.15, -0.1) is 0 Å². The molecule has 0 amide bonds. The Hall–Kier alpha value is -2.88. The first-order valence-corrected chi connectivity index (χ1v) is 6.99. The van der Waals surface area contributed by atoms with Crippen LogP contribution in [0.5, 0.6) is 5.75 Å². The summed E-state index contributed by atoms with van der Waals surface area (Å²) < 4.78 is 5.23. The Labute approximate surface area is 129 Å². The van der Waals surface area contributed by atoms with Gasteiger partial charge in [0.25, 0.3) is 0 Å². The van der Waals surface area contributed by atoms with Crippen LogP contribution in [0.4, 0.5) is 11.4 Å². The van der Waals surface area contributed by atoms with Gasteiger partial charge in [-0.25, -0.2) is 9.79 Å². The highest BCUT2D eigenvalue weighted by Crippen LogP contribution is 2.29. The fourth-order valence-corrected chi connectivity index (χ4v) is 2.18. The number of allylic oxidation sites excluding steroid dienone is 1. The van der Waals surface area contributed by atoms with Crippen molar-refractivity contribution in [3.05, 3.63) is 66.2 Å². The van der Waals surface area contributed by atoms with E-state index in [4.69, 9.17) is 4.74 Å². The van der Waals surface area contributed by atoms with Gasteiger partial charge in [0, 0.05) is 31.4 Å². The molecular weight excluding hydrogens is 276 g/mol. The number of esters is 1. The average Bonchev–Trinajstić information content (AvgIpc) is 2.51. The van der Waals surface area contributed by atoms with Crippen molar-refractivity contribution in [1.29, 1.82) is 0 Å². The van der Waals surface area contributed by atoms with Gasteiger partial charge in [-0.2, -0.15) is 0 Å². The minimum Gasteiger partial charge on any atom is -0.421 e. The van der Waals surface area contributed by atoms with E-state index >= 15 is 0 Å². The lowest BCUT2D eigenvalue weighted by molar-refractivity contribution is -0.128. The molecule has 110 valence electrons. The quantitative estimate of drug-likeness (QED) is 0.629. The molecule has 1 aliphatic rings. The summed E-state index contributed by atoms with van der Waals surface area (Å²) in [5, 5.41) is 0. The van der Waals surface area contributed by atoms with Gasteiger partial charge in [0.2, 0.25) is 0 Å². The number of para-hydroxylation sites is 2. The van der Waals surface area contributed by atoms with Crippen LogP contribution in [0, 0.1) is 0 Å². The van der Waals surface area contributed by atoms with E-state index in [-0.39, 0.29) is 0 Å². The molecule has 1 aliphatic heterocycles. The van der Waals surface area contributed by atoms with Gasteiger partial charge in [0.05, 0.1) is 5.71 Å². The number of ether oxygens (including phenoxy) is 1. The molecule has 22 heavy (non-hydrogen) atoms. The molecule has 0 atom stereocenters. The van der Waals surface area contributed by atoms with Crippen LogP contribution in [0.15, 0.2) is 65.7 Å². The van der Waals surface area contributed by atoms with Crippen LogP contribution in [0.25, 0.3) is 0 Å². The molecule has 0 aliphatic carbocycles. The number of hydrogen-bond acceptors (Lipinski definition) is 4. The van der Waals surface area contributed by atoms with E-state index in [9.17, 15) is 4.79 Å². The molecular formula is C18H16N2O2. The molecule has 2 aromatic rings. The fourth-order valence-electron chi connectivity index (χ4n) is 2.18. The molecule has 0 N–H and O–H groups in total. The highest BCUT2D eigenvalue weighted by Gasteiger charge is 2.11. The van der Waals surface area contributed by atoms with Crippen LogP contribution in [0.2, 0.25) is 0 Å². The van der Waals surface area contributed by atoms with Crippen molar-refractivity contribution < 1.29 is 9.53 Å². The first kappa shape index (κ1) is 14.1. The summed E-state index contributed by atoms with van der Waals surface area (Å²) in [4.78, 5) is 18.4. The summed E-state index contributed by atoms with van der Waals surface area (Å²) in [5.41, 5.74) is 3.44. The maximum absolute atomic E-state index is 11.7. The van der Waals surface area contributed by atoms with Crippen molar-refractivity contribution in [2.45, 2.75) is 0 Å². The van der Waals surface area contributed by atoms with E-state index in [1.165, 1.54) is 6.08 Å². The average molecular weight is 292 g/mol. The number of fused-ring (bicyclic) bond motifs is 1. The summed E-state index contributed by atoms with van der Waals surface area (Å²) in [6.07, 6.45) is 3.08. The molecule has 0 fully saturated rings. The van der Waals surface area contributed by atoms with Gasteiger partial charge in [-0.05, 0) is 30.3 Å². The molecule has 3 rings (SSSR count). The van der Waals surface area contributed by atoms with E-state index in [2.05, 4.69) is 4.99 Å². The molecule has 4 heteroatoms. The monoisotopic (exact) mass is 292 g/mol. The fraction of sp³-hybridized carbons (Fsp3) is 0.111. The topological polar surface area (TPSA) is 41.9 Å². The third-order valence-electron chi connectivity index (χ3n) is 3.37. The molecule has 0 unspecified atom stereocenters. The summed E-state index contributed by atoms with van der Waals surface area (Å²) in [5.74, 6) is 0.0732. The summed E-state index contributed by atoms with van der Waals surface area (Å²) in [6.45, 7) is 0. The van der Waals surface area contributed by atoms with Gasteiger partial charge in [-0.1, -0.05) is 24.3 Å². The minimum atomic E-state index is -0.398. The Morgan fingerprint density at radius 2 is 1.68 bits per heavy atom. The largest absolute Gasteiger partial charge is 0.421 e. The van der Waals surface area contributed by atoms with Crippen LogP contribution in [-0.4, -0.2) is 25.8 Å². The van der Waals surface area contributed by atoms with Crippen molar-refractivity contribution in [2.75, 3.05) is 19.0 Å². The number of anilines is 1.